The predicted molar refractivity (Wildman–Crippen MR) is 66.7 cm³/mol. The van der Waals surface area contributed by atoms with Crippen LogP contribution in [0, 0.1) is 11.3 Å². The minimum Gasteiger partial charge on any atom is -0.481 e. The molecule has 0 aromatic heterocycles. The van der Waals surface area contributed by atoms with Gasteiger partial charge in [0.1, 0.15) is 5.60 Å². The Morgan fingerprint density at radius 3 is 2.68 bits per heavy atom. The number of carbonyl (C=O) groups excluding carboxylic acids is 1. The number of hydrogen-bond acceptors (Lipinski definition) is 4. The molecule has 0 saturated carbocycles. The van der Waals surface area contributed by atoms with E-state index in [0.29, 0.717) is 26.2 Å². The highest BCUT2D eigenvalue weighted by Gasteiger charge is 2.56. The highest BCUT2D eigenvalue weighted by atomic mass is 16.5. The van der Waals surface area contributed by atoms with Gasteiger partial charge in [-0.15, -0.1) is 0 Å². The Balaban J connectivity index is 2.21. The molecule has 0 unspecified atom stereocenters. The van der Waals surface area contributed by atoms with E-state index in [1.807, 2.05) is 0 Å². The molecule has 2 saturated heterocycles. The lowest BCUT2D eigenvalue weighted by molar-refractivity contribution is -0.158. The molecule has 6 heteroatoms. The molecule has 0 bridgehead atoms. The summed E-state index contributed by atoms with van der Waals surface area (Å²) in [4.78, 5) is 25.6. The maximum Gasteiger partial charge on any atom is 0.311 e. The van der Waals surface area contributed by atoms with E-state index in [9.17, 15) is 14.7 Å². The Kier molecular flexibility index (Phi) is 3.57. The maximum absolute atomic E-state index is 12.4. The van der Waals surface area contributed by atoms with E-state index in [0.717, 1.165) is 0 Å². The van der Waals surface area contributed by atoms with Crippen LogP contribution in [0.3, 0.4) is 0 Å². The lowest BCUT2D eigenvalue weighted by atomic mass is 9.74. The lowest BCUT2D eigenvalue weighted by Gasteiger charge is -2.34. The van der Waals surface area contributed by atoms with E-state index in [4.69, 9.17) is 9.47 Å². The number of aliphatic carboxylic acids is 1. The summed E-state index contributed by atoms with van der Waals surface area (Å²) in [6.07, 6.45) is 0.462. The number of nitrogens with zero attached hydrogens (tertiary/aromatic N) is 1. The largest absolute Gasteiger partial charge is 0.481 e. The molecule has 2 aliphatic heterocycles. The molecular weight excluding hydrogens is 250 g/mol. The normalized spacial score (nSPS) is 31.1. The Labute approximate surface area is 112 Å². The molecule has 2 rings (SSSR count). The Morgan fingerprint density at radius 2 is 2.16 bits per heavy atom. The second kappa shape index (κ2) is 4.76. The Bertz CT molecular complexity index is 394. The average molecular weight is 271 g/mol. The monoisotopic (exact) mass is 271 g/mol. The zero-order chi connectivity index (χ0) is 14.3. The van der Waals surface area contributed by atoms with Gasteiger partial charge in [-0.3, -0.25) is 9.59 Å². The summed E-state index contributed by atoms with van der Waals surface area (Å²) in [6, 6.07) is 0. The fourth-order valence-electron chi connectivity index (χ4n) is 2.92. The Morgan fingerprint density at radius 1 is 1.47 bits per heavy atom. The van der Waals surface area contributed by atoms with Crippen LogP contribution >= 0.6 is 0 Å². The number of carbonyl (C=O) groups is 2. The quantitative estimate of drug-likeness (QED) is 0.802. The Hall–Kier alpha value is -1.14. The van der Waals surface area contributed by atoms with Crippen LogP contribution < -0.4 is 0 Å². The first-order valence-electron chi connectivity index (χ1n) is 6.49. The van der Waals surface area contributed by atoms with Crippen molar-refractivity contribution in [1.82, 2.24) is 4.90 Å². The predicted octanol–water partition coefficient (Wildman–Crippen LogP) is 0.361. The first-order chi connectivity index (χ1) is 8.83. The number of likely N-dealkylation sites (tertiary alicyclic amines) is 1. The van der Waals surface area contributed by atoms with E-state index >= 15 is 0 Å². The molecule has 0 radical (unpaired) electrons. The molecule has 19 heavy (non-hydrogen) atoms. The van der Waals surface area contributed by atoms with Crippen molar-refractivity contribution >= 4 is 11.9 Å². The molecule has 2 fully saturated rings. The highest BCUT2D eigenvalue weighted by molar-refractivity contribution is 5.86. The van der Waals surface area contributed by atoms with Crippen LogP contribution in [0.2, 0.25) is 0 Å². The highest BCUT2D eigenvalue weighted by Crippen LogP contribution is 2.43. The van der Waals surface area contributed by atoms with Crippen molar-refractivity contribution in [1.29, 1.82) is 0 Å². The summed E-state index contributed by atoms with van der Waals surface area (Å²) in [7, 11) is 1.48. The molecule has 0 aromatic rings. The third-order valence-corrected chi connectivity index (χ3v) is 4.45. The summed E-state index contributed by atoms with van der Waals surface area (Å²) in [5.74, 6) is -1.12. The number of carboxylic acid groups (broad SMARTS) is 1. The maximum atomic E-state index is 12.4. The second-order valence-electron chi connectivity index (χ2n) is 5.88. The molecule has 108 valence electrons. The van der Waals surface area contributed by atoms with Gasteiger partial charge in [0, 0.05) is 32.7 Å². The van der Waals surface area contributed by atoms with Gasteiger partial charge in [0.05, 0.1) is 12.0 Å². The van der Waals surface area contributed by atoms with E-state index in [2.05, 4.69) is 0 Å². The van der Waals surface area contributed by atoms with Crippen LogP contribution in [0.1, 0.15) is 20.3 Å². The zero-order valence-corrected chi connectivity index (χ0v) is 11.6. The van der Waals surface area contributed by atoms with E-state index in [1.54, 1.807) is 18.7 Å². The van der Waals surface area contributed by atoms with Gasteiger partial charge in [-0.05, 0) is 20.3 Å². The van der Waals surface area contributed by atoms with Crippen LogP contribution in [0.25, 0.3) is 0 Å². The van der Waals surface area contributed by atoms with Crippen LogP contribution in [-0.4, -0.2) is 60.9 Å². The molecule has 1 N–H and O–H groups in total. The fourth-order valence-corrected chi connectivity index (χ4v) is 2.92. The molecule has 0 spiro atoms. The molecule has 0 aromatic carbocycles. The van der Waals surface area contributed by atoms with Gasteiger partial charge in [0.15, 0.2) is 0 Å². The van der Waals surface area contributed by atoms with Crippen molar-refractivity contribution in [3.8, 4) is 0 Å². The number of ether oxygens (including phenoxy) is 2. The van der Waals surface area contributed by atoms with Gasteiger partial charge in [0.2, 0.25) is 0 Å². The minimum absolute atomic E-state index is 0.129. The topological polar surface area (TPSA) is 76.1 Å². The van der Waals surface area contributed by atoms with Crippen molar-refractivity contribution < 1.29 is 24.2 Å². The van der Waals surface area contributed by atoms with Crippen molar-refractivity contribution in [2.45, 2.75) is 25.9 Å². The fraction of sp³-hybridized carbons (Fsp3) is 0.846. The summed E-state index contributed by atoms with van der Waals surface area (Å²) < 4.78 is 10.6. The lowest BCUT2D eigenvalue weighted by Crippen LogP contribution is -2.47. The summed E-state index contributed by atoms with van der Waals surface area (Å²) >= 11 is 0. The van der Waals surface area contributed by atoms with Crippen LogP contribution in [-0.2, 0) is 19.1 Å². The van der Waals surface area contributed by atoms with Gasteiger partial charge in [-0.1, -0.05) is 0 Å². The van der Waals surface area contributed by atoms with Crippen molar-refractivity contribution in [3.05, 3.63) is 0 Å². The number of amides is 1. The van der Waals surface area contributed by atoms with Crippen LogP contribution in [0.15, 0.2) is 0 Å². The third-order valence-electron chi connectivity index (χ3n) is 4.45. The molecular formula is C13H21NO5. The summed E-state index contributed by atoms with van der Waals surface area (Å²) in [6.45, 7) is 4.92. The molecule has 0 aliphatic carbocycles. The molecule has 2 aliphatic rings. The van der Waals surface area contributed by atoms with Gasteiger partial charge in [-0.25, -0.2) is 0 Å². The molecule has 2 atom stereocenters. The third kappa shape index (κ3) is 2.23. The molecule has 1 amide bonds. The number of methoxy groups -OCH3 is 1. The van der Waals surface area contributed by atoms with Crippen molar-refractivity contribution in [3.63, 3.8) is 0 Å². The standard InChI is InChI=1S/C13H21NO5/c1-12(2,18-3)10(15)14-6-9-7-19-5-4-13(9,8-14)11(16)17/h9H,4-8H2,1-3H3,(H,16,17)/t9-,13+/m0/s1. The van der Waals surface area contributed by atoms with E-state index < -0.39 is 17.0 Å². The van der Waals surface area contributed by atoms with Gasteiger partial charge in [0.25, 0.3) is 5.91 Å². The summed E-state index contributed by atoms with van der Waals surface area (Å²) in [5.41, 5.74) is -1.77. The van der Waals surface area contributed by atoms with E-state index in [-0.39, 0.29) is 18.4 Å². The van der Waals surface area contributed by atoms with Gasteiger partial charge in [-0.2, -0.15) is 0 Å². The number of rotatable bonds is 3. The zero-order valence-electron chi connectivity index (χ0n) is 11.6. The first-order valence-corrected chi connectivity index (χ1v) is 6.49. The number of carboxylic acids is 1. The molecule has 6 nitrogen and oxygen atoms in total. The second-order valence-corrected chi connectivity index (χ2v) is 5.88. The smallest absolute Gasteiger partial charge is 0.311 e. The molecule has 2 heterocycles. The SMILES string of the molecule is COC(C)(C)C(=O)N1C[C@H]2COCC[C@@]2(C(=O)O)C1. The number of fused-ring (bicyclic) bond motifs is 1. The van der Waals surface area contributed by atoms with Crippen LogP contribution in [0.4, 0.5) is 0 Å². The number of hydrogen-bond donors (Lipinski definition) is 1. The average Bonchev–Trinajstić information content (AvgIpc) is 2.78. The van der Waals surface area contributed by atoms with Gasteiger partial charge >= 0.3 is 5.97 Å². The van der Waals surface area contributed by atoms with Crippen molar-refractivity contribution in [2.24, 2.45) is 11.3 Å². The van der Waals surface area contributed by atoms with Gasteiger partial charge < -0.3 is 19.5 Å². The van der Waals surface area contributed by atoms with Crippen molar-refractivity contribution in [2.75, 3.05) is 33.4 Å². The summed E-state index contributed by atoms with van der Waals surface area (Å²) in [5, 5.41) is 9.53. The minimum atomic E-state index is -0.923. The van der Waals surface area contributed by atoms with Crippen LogP contribution in [0.5, 0.6) is 0 Å². The first kappa shape index (κ1) is 14.3. The van der Waals surface area contributed by atoms with E-state index in [1.165, 1.54) is 7.11 Å².